The fourth-order valence-corrected chi connectivity index (χ4v) is 2.37. The lowest BCUT2D eigenvalue weighted by atomic mass is 10.1. The molecule has 1 N–H and O–H groups in total. The van der Waals surface area contributed by atoms with Gasteiger partial charge in [0.15, 0.2) is 0 Å². The molecular weight excluding hydrogens is 242 g/mol. The van der Waals surface area contributed by atoms with E-state index < -0.39 is 0 Å². The van der Waals surface area contributed by atoms with Crippen LogP contribution >= 0.6 is 0 Å². The number of nitrogens with one attached hydrogen (secondary N) is 1. The third-order valence-corrected chi connectivity index (χ3v) is 3.32. The summed E-state index contributed by atoms with van der Waals surface area (Å²) in [4.78, 5) is 11.0. The van der Waals surface area contributed by atoms with Crippen LogP contribution in [0.2, 0.25) is 0 Å². The molecule has 0 radical (unpaired) electrons. The Morgan fingerprint density at radius 1 is 1.42 bits per heavy atom. The van der Waals surface area contributed by atoms with Gasteiger partial charge in [-0.25, -0.2) is 9.97 Å². The highest BCUT2D eigenvalue weighted by atomic mass is 16.5. The summed E-state index contributed by atoms with van der Waals surface area (Å²) in [7, 11) is 0. The zero-order chi connectivity index (χ0) is 13.1. The van der Waals surface area contributed by atoms with E-state index in [1.807, 2.05) is 25.3 Å². The highest BCUT2D eigenvalue weighted by Crippen LogP contribution is 2.23. The van der Waals surface area contributed by atoms with Crippen molar-refractivity contribution < 1.29 is 4.74 Å². The van der Waals surface area contributed by atoms with Crippen LogP contribution in [0.4, 0.5) is 0 Å². The maximum Gasteiger partial charge on any atom is 0.125 e. The average Bonchev–Trinajstić information content (AvgIpc) is 2.93. The Kier molecular flexibility index (Phi) is 3.52. The van der Waals surface area contributed by atoms with E-state index >= 15 is 0 Å². The predicted octanol–water partition coefficient (Wildman–Crippen LogP) is 1.08. The van der Waals surface area contributed by atoms with Crippen LogP contribution in [0.15, 0.2) is 24.5 Å². The molecule has 19 heavy (non-hydrogen) atoms. The van der Waals surface area contributed by atoms with E-state index in [2.05, 4.69) is 25.1 Å². The number of hydrogen-bond donors (Lipinski definition) is 1. The maximum absolute atomic E-state index is 5.58. The van der Waals surface area contributed by atoms with Crippen LogP contribution in [0.1, 0.15) is 23.3 Å². The van der Waals surface area contributed by atoms with Crippen molar-refractivity contribution in [3.05, 3.63) is 41.7 Å². The van der Waals surface area contributed by atoms with Gasteiger partial charge in [-0.15, -0.1) is 0 Å². The van der Waals surface area contributed by atoms with E-state index in [4.69, 9.17) is 4.74 Å². The van der Waals surface area contributed by atoms with E-state index in [0.29, 0.717) is 6.61 Å². The predicted molar refractivity (Wildman–Crippen MR) is 69.3 cm³/mol. The topological polar surface area (TPSA) is 66.9 Å². The first kappa shape index (κ1) is 12.3. The Morgan fingerprint density at radius 2 is 2.37 bits per heavy atom. The molecule has 6 heteroatoms. The number of H-pyrrole nitrogens is 1. The third-order valence-electron chi connectivity index (χ3n) is 3.32. The van der Waals surface area contributed by atoms with Crippen LogP contribution in [-0.2, 0) is 11.3 Å². The average molecular weight is 259 g/mol. The Balaban J connectivity index is 1.77. The van der Waals surface area contributed by atoms with Crippen molar-refractivity contribution in [3.8, 4) is 0 Å². The van der Waals surface area contributed by atoms with Gasteiger partial charge in [0.05, 0.1) is 30.6 Å². The first-order valence-corrected chi connectivity index (χ1v) is 6.42. The molecule has 1 fully saturated rings. The molecule has 3 rings (SSSR count). The van der Waals surface area contributed by atoms with Crippen molar-refractivity contribution in [1.29, 1.82) is 0 Å². The first-order chi connectivity index (χ1) is 9.33. The lowest BCUT2D eigenvalue weighted by molar-refractivity contribution is -0.0148. The van der Waals surface area contributed by atoms with Gasteiger partial charge in [0, 0.05) is 25.5 Å². The van der Waals surface area contributed by atoms with Crippen LogP contribution in [0.25, 0.3) is 0 Å². The Labute approximate surface area is 111 Å². The summed E-state index contributed by atoms with van der Waals surface area (Å²) in [6, 6.07) is 4.18. The van der Waals surface area contributed by atoms with Gasteiger partial charge in [0.1, 0.15) is 5.82 Å². The van der Waals surface area contributed by atoms with Crippen molar-refractivity contribution in [3.63, 3.8) is 0 Å². The molecule has 1 atom stereocenters. The van der Waals surface area contributed by atoms with Crippen LogP contribution in [0.3, 0.4) is 0 Å². The lowest BCUT2D eigenvalue weighted by Crippen LogP contribution is -2.39. The van der Waals surface area contributed by atoms with Gasteiger partial charge in [-0.1, -0.05) is 0 Å². The molecule has 2 aromatic heterocycles. The number of ether oxygens (including phenoxy) is 1. The van der Waals surface area contributed by atoms with Crippen LogP contribution in [0.5, 0.6) is 0 Å². The summed E-state index contributed by atoms with van der Waals surface area (Å²) in [5.41, 5.74) is 2.13. The standard InChI is InChI=1S/C13H17N5O/c1-10-14-4-2-11(16-10)8-18-6-7-19-9-13(18)12-3-5-15-17-12/h2-5,13H,6-9H2,1H3,(H,15,17)/t13-/m0/s1. The monoisotopic (exact) mass is 259 g/mol. The normalized spacial score (nSPS) is 20.6. The molecule has 0 aromatic carbocycles. The summed E-state index contributed by atoms with van der Waals surface area (Å²) in [5.74, 6) is 0.809. The molecule has 2 aromatic rings. The molecule has 0 amide bonds. The van der Waals surface area contributed by atoms with Crippen molar-refractivity contribution in [2.24, 2.45) is 0 Å². The van der Waals surface area contributed by atoms with Gasteiger partial charge < -0.3 is 4.74 Å². The summed E-state index contributed by atoms with van der Waals surface area (Å²) < 4.78 is 5.58. The van der Waals surface area contributed by atoms with E-state index in [0.717, 1.165) is 36.9 Å². The third kappa shape index (κ3) is 2.80. The number of hydrogen-bond acceptors (Lipinski definition) is 5. The SMILES string of the molecule is Cc1nccc(CN2CCOC[C@H]2c2ccn[nH]2)n1. The highest BCUT2D eigenvalue weighted by Gasteiger charge is 2.25. The van der Waals surface area contributed by atoms with Crippen LogP contribution in [0, 0.1) is 6.92 Å². The van der Waals surface area contributed by atoms with Gasteiger partial charge >= 0.3 is 0 Å². The van der Waals surface area contributed by atoms with E-state index in [1.54, 1.807) is 6.20 Å². The quantitative estimate of drug-likeness (QED) is 0.893. The highest BCUT2D eigenvalue weighted by molar-refractivity contribution is 5.08. The van der Waals surface area contributed by atoms with Crippen molar-refractivity contribution in [1.82, 2.24) is 25.1 Å². The first-order valence-electron chi connectivity index (χ1n) is 6.42. The fourth-order valence-electron chi connectivity index (χ4n) is 2.37. The summed E-state index contributed by atoms with van der Waals surface area (Å²) >= 11 is 0. The number of aromatic amines is 1. The minimum atomic E-state index is 0.214. The molecule has 6 nitrogen and oxygen atoms in total. The Morgan fingerprint density at radius 3 is 3.16 bits per heavy atom. The molecular formula is C13H17N5O. The minimum absolute atomic E-state index is 0.214. The number of aryl methyl sites for hydroxylation is 1. The minimum Gasteiger partial charge on any atom is -0.378 e. The smallest absolute Gasteiger partial charge is 0.125 e. The van der Waals surface area contributed by atoms with Crippen LogP contribution < -0.4 is 0 Å². The molecule has 3 heterocycles. The van der Waals surface area contributed by atoms with Gasteiger partial charge in [-0.05, 0) is 19.1 Å². The Hall–Kier alpha value is -1.79. The fraction of sp³-hybridized carbons (Fsp3) is 0.462. The lowest BCUT2D eigenvalue weighted by Gasteiger charge is -2.34. The number of aromatic nitrogens is 4. The maximum atomic E-state index is 5.58. The molecule has 0 unspecified atom stereocenters. The molecule has 1 aliphatic rings. The second-order valence-electron chi connectivity index (χ2n) is 4.67. The number of rotatable bonds is 3. The number of nitrogens with zero attached hydrogens (tertiary/aromatic N) is 4. The second kappa shape index (κ2) is 5.46. The summed E-state index contributed by atoms with van der Waals surface area (Å²) in [5, 5.41) is 7.05. The van der Waals surface area contributed by atoms with Crippen molar-refractivity contribution >= 4 is 0 Å². The van der Waals surface area contributed by atoms with E-state index in [-0.39, 0.29) is 6.04 Å². The Bertz CT molecular complexity index is 528. The molecule has 0 aliphatic carbocycles. The van der Waals surface area contributed by atoms with Crippen LogP contribution in [-0.4, -0.2) is 44.8 Å². The van der Waals surface area contributed by atoms with Gasteiger partial charge in [0.2, 0.25) is 0 Å². The van der Waals surface area contributed by atoms with Gasteiger partial charge in [-0.3, -0.25) is 10.00 Å². The zero-order valence-corrected chi connectivity index (χ0v) is 10.9. The molecule has 100 valence electrons. The van der Waals surface area contributed by atoms with Gasteiger partial charge in [0.25, 0.3) is 0 Å². The second-order valence-corrected chi connectivity index (χ2v) is 4.67. The zero-order valence-electron chi connectivity index (χ0n) is 10.9. The van der Waals surface area contributed by atoms with E-state index in [9.17, 15) is 0 Å². The molecule has 0 saturated carbocycles. The van der Waals surface area contributed by atoms with E-state index in [1.165, 1.54) is 0 Å². The van der Waals surface area contributed by atoms with Gasteiger partial charge in [-0.2, -0.15) is 5.10 Å². The number of morpholine rings is 1. The van der Waals surface area contributed by atoms with Crippen molar-refractivity contribution in [2.45, 2.75) is 19.5 Å². The summed E-state index contributed by atoms with van der Waals surface area (Å²) in [6.07, 6.45) is 3.58. The largest absolute Gasteiger partial charge is 0.378 e. The molecule has 0 spiro atoms. The molecule has 0 bridgehead atoms. The summed E-state index contributed by atoms with van der Waals surface area (Å²) in [6.45, 7) is 5.05. The molecule has 1 aliphatic heterocycles. The van der Waals surface area contributed by atoms with Crippen molar-refractivity contribution in [2.75, 3.05) is 19.8 Å². The molecule has 1 saturated heterocycles.